The van der Waals surface area contributed by atoms with Crippen molar-refractivity contribution in [3.05, 3.63) is 71.3 Å². The van der Waals surface area contributed by atoms with Gasteiger partial charge in [-0.15, -0.1) is 0 Å². The van der Waals surface area contributed by atoms with Crippen molar-refractivity contribution >= 4 is 0 Å². The molecule has 0 heteroatoms. The van der Waals surface area contributed by atoms with Gasteiger partial charge in [-0.05, 0) is 35.4 Å². The Hall–Kier alpha value is -1.56. The van der Waals surface area contributed by atoms with Crippen molar-refractivity contribution in [3.63, 3.8) is 0 Å². The molecule has 1 atom stereocenters. The van der Waals surface area contributed by atoms with Gasteiger partial charge in [-0.3, -0.25) is 0 Å². The zero-order chi connectivity index (χ0) is 12.1. The van der Waals surface area contributed by atoms with Gasteiger partial charge in [0.1, 0.15) is 0 Å². The van der Waals surface area contributed by atoms with Crippen LogP contribution in [0.15, 0.2) is 54.6 Å². The topological polar surface area (TPSA) is 0 Å². The Bertz CT molecular complexity index is 456. The number of benzene rings is 2. The lowest BCUT2D eigenvalue weighted by Crippen LogP contribution is -2.02. The molecular weight excluding hydrogens is 204 g/mol. The minimum Gasteiger partial charge on any atom is -0.0622 e. The average molecular weight is 224 g/mol. The van der Waals surface area contributed by atoms with Crippen molar-refractivity contribution in [1.29, 1.82) is 0 Å². The van der Waals surface area contributed by atoms with Gasteiger partial charge in [0.15, 0.2) is 0 Å². The zero-order valence-corrected chi connectivity index (χ0v) is 10.7. The van der Waals surface area contributed by atoms with E-state index >= 15 is 0 Å². The number of rotatable bonds is 4. The van der Waals surface area contributed by atoms with Crippen LogP contribution in [0.3, 0.4) is 0 Å². The first-order chi connectivity index (χ1) is 8.31. The highest BCUT2D eigenvalue weighted by atomic mass is 14.1. The van der Waals surface area contributed by atoms with Crippen molar-refractivity contribution in [2.24, 2.45) is 0 Å². The molecule has 2 aromatic rings. The molecule has 0 spiro atoms. The number of hydrogen-bond acceptors (Lipinski definition) is 0. The van der Waals surface area contributed by atoms with E-state index < -0.39 is 0 Å². The van der Waals surface area contributed by atoms with E-state index in [1.807, 2.05) is 0 Å². The quantitative estimate of drug-likeness (QED) is 0.712. The van der Waals surface area contributed by atoms with E-state index in [0.717, 1.165) is 12.8 Å². The summed E-state index contributed by atoms with van der Waals surface area (Å²) in [6, 6.07) is 19.5. The lowest BCUT2D eigenvalue weighted by molar-refractivity contribution is 0.747. The predicted octanol–water partition coefficient (Wildman–Crippen LogP) is 4.60. The summed E-state index contributed by atoms with van der Waals surface area (Å²) in [4.78, 5) is 0. The lowest BCUT2D eigenvalue weighted by atomic mass is 9.89. The maximum Gasteiger partial charge on any atom is -0.0147 e. The summed E-state index contributed by atoms with van der Waals surface area (Å²) in [5, 5.41) is 0. The molecule has 2 aromatic carbocycles. The highest BCUT2D eigenvalue weighted by molar-refractivity contribution is 5.31. The average Bonchev–Trinajstić information content (AvgIpc) is 2.40. The van der Waals surface area contributed by atoms with Crippen LogP contribution in [0.1, 0.15) is 36.5 Å². The monoisotopic (exact) mass is 224 g/mol. The van der Waals surface area contributed by atoms with Crippen molar-refractivity contribution in [2.75, 3.05) is 0 Å². The van der Waals surface area contributed by atoms with Gasteiger partial charge in [0.25, 0.3) is 0 Å². The van der Waals surface area contributed by atoms with Crippen LogP contribution in [0.5, 0.6) is 0 Å². The highest BCUT2D eigenvalue weighted by Crippen LogP contribution is 2.24. The second-order valence-corrected chi connectivity index (χ2v) is 4.64. The zero-order valence-electron chi connectivity index (χ0n) is 10.7. The third-order valence-electron chi connectivity index (χ3n) is 3.35. The molecule has 0 saturated heterocycles. The summed E-state index contributed by atoms with van der Waals surface area (Å²) in [6.07, 6.45) is 2.24. The summed E-state index contributed by atoms with van der Waals surface area (Å²) in [5.41, 5.74) is 4.40. The molecule has 2 rings (SSSR count). The fourth-order valence-electron chi connectivity index (χ4n) is 2.41. The lowest BCUT2D eigenvalue weighted by Gasteiger charge is -2.15. The first kappa shape index (κ1) is 11.9. The van der Waals surface area contributed by atoms with Crippen molar-refractivity contribution in [2.45, 2.75) is 32.6 Å². The van der Waals surface area contributed by atoms with E-state index in [9.17, 15) is 0 Å². The van der Waals surface area contributed by atoms with Gasteiger partial charge in [0, 0.05) is 0 Å². The third-order valence-corrected chi connectivity index (χ3v) is 3.35. The smallest absolute Gasteiger partial charge is 0.0147 e. The maximum atomic E-state index is 2.32. The molecule has 17 heavy (non-hydrogen) atoms. The van der Waals surface area contributed by atoms with E-state index in [-0.39, 0.29) is 0 Å². The van der Waals surface area contributed by atoms with Crippen LogP contribution in [-0.2, 0) is 12.8 Å². The summed E-state index contributed by atoms with van der Waals surface area (Å²) < 4.78 is 0. The molecule has 0 aromatic heterocycles. The Morgan fingerprint density at radius 1 is 0.882 bits per heavy atom. The molecule has 0 amide bonds. The third kappa shape index (κ3) is 2.97. The number of aryl methyl sites for hydroxylation is 1. The van der Waals surface area contributed by atoms with Crippen LogP contribution in [-0.4, -0.2) is 0 Å². The van der Waals surface area contributed by atoms with E-state index in [1.54, 1.807) is 0 Å². The van der Waals surface area contributed by atoms with Crippen molar-refractivity contribution < 1.29 is 0 Å². The van der Waals surface area contributed by atoms with Crippen LogP contribution in [0.4, 0.5) is 0 Å². The fraction of sp³-hybridized carbons (Fsp3) is 0.294. The second-order valence-electron chi connectivity index (χ2n) is 4.64. The Morgan fingerprint density at radius 3 is 2.24 bits per heavy atom. The van der Waals surface area contributed by atoms with Gasteiger partial charge < -0.3 is 0 Å². The fourth-order valence-corrected chi connectivity index (χ4v) is 2.41. The summed E-state index contributed by atoms with van der Waals surface area (Å²) in [6.45, 7) is 4.55. The standard InChI is InChI=1S/C17H20/c1-3-16-11-7-8-12-17(16)14(2)13-15-9-5-4-6-10-15/h4-12,14H,3,13H2,1-2H3. The van der Waals surface area contributed by atoms with Gasteiger partial charge in [0.05, 0.1) is 0 Å². The molecule has 0 fully saturated rings. The molecule has 0 radical (unpaired) electrons. The van der Waals surface area contributed by atoms with E-state index in [4.69, 9.17) is 0 Å². The molecule has 88 valence electrons. The molecule has 0 nitrogen and oxygen atoms in total. The largest absolute Gasteiger partial charge is 0.0622 e. The van der Waals surface area contributed by atoms with Crippen molar-refractivity contribution in [3.8, 4) is 0 Å². The van der Waals surface area contributed by atoms with Crippen LogP contribution >= 0.6 is 0 Å². The van der Waals surface area contributed by atoms with Crippen LogP contribution in [0, 0.1) is 0 Å². The minimum absolute atomic E-state index is 0.591. The normalized spacial score (nSPS) is 12.4. The van der Waals surface area contributed by atoms with Crippen LogP contribution in [0.25, 0.3) is 0 Å². The van der Waals surface area contributed by atoms with Crippen molar-refractivity contribution in [1.82, 2.24) is 0 Å². The SMILES string of the molecule is CCc1ccccc1C(C)Cc1ccccc1. The summed E-state index contributed by atoms with van der Waals surface area (Å²) in [7, 11) is 0. The summed E-state index contributed by atoms with van der Waals surface area (Å²) in [5.74, 6) is 0.591. The molecule has 0 bridgehead atoms. The first-order valence-electron chi connectivity index (χ1n) is 6.43. The molecule has 0 aliphatic carbocycles. The second kappa shape index (κ2) is 5.67. The number of hydrogen-bond donors (Lipinski definition) is 0. The minimum atomic E-state index is 0.591. The maximum absolute atomic E-state index is 2.32. The molecule has 0 saturated carbocycles. The summed E-state index contributed by atoms with van der Waals surface area (Å²) >= 11 is 0. The Morgan fingerprint density at radius 2 is 1.53 bits per heavy atom. The first-order valence-corrected chi connectivity index (χ1v) is 6.43. The molecule has 1 unspecified atom stereocenters. The van der Waals surface area contributed by atoms with Crippen LogP contribution < -0.4 is 0 Å². The Balaban J connectivity index is 2.17. The Kier molecular flexibility index (Phi) is 3.98. The van der Waals surface area contributed by atoms with Gasteiger partial charge >= 0.3 is 0 Å². The molecule has 0 aliphatic rings. The Labute approximate surface area is 104 Å². The molecule has 0 aliphatic heterocycles. The van der Waals surface area contributed by atoms with Gasteiger partial charge in [-0.1, -0.05) is 68.4 Å². The molecule has 0 heterocycles. The molecule has 0 N–H and O–H groups in total. The van der Waals surface area contributed by atoms with Gasteiger partial charge in [-0.25, -0.2) is 0 Å². The van der Waals surface area contributed by atoms with Crippen LogP contribution in [0.2, 0.25) is 0 Å². The van der Waals surface area contributed by atoms with Gasteiger partial charge in [-0.2, -0.15) is 0 Å². The van der Waals surface area contributed by atoms with Gasteiger partial charge in [0.2, 0.25) is 0 Å². The van der Waals surface area contributed by atoms with E-state index in [2.05, 4.69) is 68.4 Å². The van der Waals surface area contributed by atoms with E-state index in [1.165, 1.54) is 16.7 Å². The molecular formula is C17H20. The highest BCUT2D eigenvalue weighted by Gasteiger charge is 2.09. The predicted molar refractivity (Wildman–Crippen MR) is 74.4 cm³/mol. The van der Waals surface area contributed by atoms with E-state index in [0.29, 0.717) is 5.92 Å².